The van der Waals surface area contributed by atoms with Crippen molar-refractivity contribution in [1.82, 2.24) is 5.32 Å². The third-order valence-corrected chi connectivity index (χ3v) is 2.78. The number of nitrogens with one attached hydrogen (secondary N) is 1. The minimum atomic E-state index is -0.416. The molecule has 0 aliphatic rings. The van der Waals surface area contributed by atoms with Crippen LogP contribution in [0.5, 0.6) is 5.75 Å². The number of ether oxygens (including phenoxy) is 1. The molecular formula is C15H15NO4. The van der Waals surface area contributed by atoms with Gasteiger partial charge in [0.1, 0.15) is 6.26 Å². The van der Waals surface area contributed by atoms with E-state index in [1.807, 2.05) is 30.3 Å². The quantitative estimate of drug-likeness (QED) is 0.898. The standard InChI is InChI=1S/C15H15NO4/c1-19-14-10-20-13(9-12(14)17)15(18)16-8-7-11-5-3-2-4-6-11/h2-6,9-10H,7-8H2,1H3,(H,16,18). The molecule has 0 atom stereocenters. The number of carbonyl (C=O) groups is 1. The molecule has 1 heterocycles. The Morgan fingerprint density at radius 3 is 2.70 bits per heavy atom. The normalized spacial score (nSPS) is 10.1. The highest BCUT2D eigenvalue weighted by Gasteiger charge is 2.10. The van der Waals surface area contributed by atoms with Gasteiger partial charge in [0, 0.05) is 12.6 Å². The first-order chi connectivity index (χ1) is 9.70. The summed E-state index contributed by atoms with van der Waals surface area (Å²) in [5.41, 5.74) is 0.746. The van der Waals surface area contributed by atoms with Gasteiger partial charge < -0.3 is 14.5 Å². The van der Waals surface area contributed by atoms with E-state index in [-0.39, 0.29) is 16.9 Å². The van der Waals surface area contributed by atoms with Crippen molar-refractivity contribution in [2.24, 2.45) is 0 Å². The summed E-state index contributed by atoms with van der Waals surface area (Å²) in [7, 11) is 1.37. The van der Waals surface area contributed by atoms with E-state index in [1.54, 1.807) is 0 Å². The van der Waals surface area contributed by atoms with E-state index in [2.05, 4.69) is 5.32 Å². The summed E-state index contributed by atoms with van der Waals surface area (Å²) in [5.74, 6) is -0.365. The molecule has 5 nitrogen and oxygen atoms in total. The van der Waals surface area contributed by atoms with Gasteiger partial charge in [-0.15, -0.1) is 0 Å². The highest BCUT2D eigenvalue weighted by atomic mass is 16.5. The van der Waals surface area contributed by atoms with E-state index in [0.717, 1.165) is 17.9 Å². The summed E-state index contributed by atoms with van der Waals surface area (Å²) in [4.78, 5) is 23.3. The minimum Gasteiger partial charge on any atom is -0.490 e. The Morgan fingerprint density at radius 1 is 1.30 bits per heavy atom. The third-order valence-electron chi connectivity index (χ3n) is 2.78. The molecule has 1 aromatic heterocycles. The van der Waals surface area contributed by atoms with Crippen LogP contribution in [-0.4, -0.2) is 19.6 Å². The lowest BCUT2D eigenvalue weighted by molar-refractivity contribution is 0.0923. The smallest absolute Gasteiger partial charge is 0.287 e. The number of carbonyl (C=O) groups excluding carboxylic acids is 1. The van der Waals surface area contributed by atoms with Crippen LogP contribution in [0.4, 0.5) is 0 Å². The monoisotopic (exact) mass is 273 g/mol. The molecule has 0 spiro atoms. The van der Waals surface area contributed by atoms with Gasteiger partial charge in [0.25, 0.3) is 5.91 Å². The topological polar surface area (TPSA) is 68.5 Å². The van der Waals surface area contributed by atoms with Gasteiger partial charge in [-0.2, -0.15) is 0 Å². The molecule has 0 unspecified atom stereocenters. The summed E-state index contributed by atoms with van der Waals surface area (Å²) >= 11 is 0. The van der Waals surface area contributed by atoms with Gasteiger partial charge in [-0.05, 0) is 12.0 Å². The zero-order chi connectivity index (χ0) is 14.4. The average Bonchev–Trinajstić information content (AvgIpc) is 2.48. The van der Waals surface area contributed by atoms with Crippen LogP contribution < -0.4 is 15.5 Å². The van der Waals surface area contributed by atoms with E-state index >= 15 is 0 Å². The molecule has 20 heavy (non-hydrogen) atoms. The van der Waals surface area contributed by atoms with Crippen molar-refractivity contribution >= 4 is 5.91 Å². The number of hydrogen-bond acceptors (Lipinski definition) is 4. The molecule has 2 aromatic rings. The van der Waals surface area contributed by atoms with Crippen LogP contribution >= 0.6 is 0 Å². The molecule has 0 saturated carbocycles. The van der Waals surface area contributed by atoms with Gasteiger partial charge >= 0.3 is 0 Å². The molecule has 1 amide bonds. The van der Waals surface area contributed by atoms with Crippen LogP contribution in [0.2, 0.25) is 0 Å². The second-order valence-corrected chi connectivity index (χ2v) is 4.17. The van der Waals surface area contributed by atoms with Crippen LogP contribution in [-0.2, 0) is 6.42 Å². The van der Waals surface area contributed by atoms with E-state index in [4.69, 9.17) is 9.15 Å². The highest BCUT2D eigenvalue weighted by molar-refractivity contribution is 5.91. The van der Waals surface area contributed by atoms with Crippen LogP contribution in [0.25, 0.3) is 0 Å². The number of hydrogen-bond donors (Lipinski definition) is 1. The number of amides is 1. The summed E-state index contributed by atoms with van der Waals surface area (Å²) in [5, 5.41) is 2.70. The highest BCUT2D eigenvalue weighted by Crippen LogP contribution is 2.05. The van der Waals surface area contributed by atoms with E-state index in [9.17, 15) is 9.59 Å². The predicted octanol–water partition coefficient (Wildman–Crippen LogP) is 1.62. The Labute approximate surface area is 116 Å². The van der Waals surface area contributed by atoms with Crippen molar-refractivity contribution in [1.29, 1.82) is 0 Å². The lowest BCUT2D eigenvalue weighted by Crippen LogP contribution is -2.26. The van der Waals surface area contributed by atoms with Gasteiger partial charge in [-0.25, -0.2) is 0 Å². The molecule has 0 saturated heterocycles. The van der Waals surface area contributed by atoms with Crippen molar-refractivity contribution < 1.29 is 13.9 Å². The Kier molecular flexibility index (Phi) is 4.55. The minimum absolute atomic E-state index is 0.0242. The molecule has 2 rings (SSSR count). The van der Waals surface area contributed by atoms with Crippen LogP contribution in [0.15, 0.2) is 51.9 Å². The first-order valence-corrected chi connectivity index (χ1v) is 6.19. The molecule has 0 aliphatic heterocycles. The van der Waals surface area contributed by atoms with Crippen LogP contribution in [0, 0.1) is 0 Å². The zero-order valence-electron chi connectivity index (χ0n) is 11.1. The molecule has 1 aromatic carbocycles. The number of benzene rings is 1. The molecule has 0 aliphatic carbocycles. The second kappa shape index (κ2) is 6.56. The van der Waals surface area contributed by atoms with Crippen LogP contribution in [0.1, 0.15) is 16.1 Å². The lowest BCUT2D eigenvalue weighted by Gasteiger charge is -2.05. The molecule has 104 valence electrons. The Hall–Kier alpha value is -2.56. The van der Waals surface area contributed by atoms with Gasteiger partial charge in [-0.3, -0.25) is 9.59 Å². The van der Waals surface area contributed by atoms with E-state index in [0.29, 0.717) is 13.0 Å². The van der Waals surface area contributed by atoms with Gasteiger partial charge in [-0.1, -0.05) is 30.3 Å². The largest absolute Gasteiger partial charge is 0.490 e. The SMILES string of the molecule is COc1coc(C(=O)NCCc2ccccc2)cc1=O. The lowest BCUT2D eigenvalue weighted by atomic mass is 10.1. The maximum atomic E-state index is 11.8. The van der Waals surface area contributed by atoms with Gasteiger partial charge in [0.15, 0.2) is 5.76 Å². The number of methoxy groups -OCH3 is 1. The summed E-state index contributed by atoms with van der Waals surface area (Å²) in [6.45, 7) is 0.471. The third kappa shape index (κ3) is 3.47. The zero-order valence-corrected chi connectivity index (χ0v) is 11.1. The molecular weight excluding hydrogens is 258 g/mol. The first-order valence-electron chi connectivity index (χ1n) is 6.19. The maximum absolute atomic E-state index is 11.8. The Bertz CT molecular complexity index is 634. The first kappa shape index (κ1) is 13.9. The molecule has 1 N–H and O–H groups in total. The summed E-state index contributed by atoms with van der Waals surface area (Å²) in [6.07, 6.45) is 1.85. The molecule has 0 bridgehead atoms. The fraction of sp³-hybridized carbons (Fsp3) is 0.200. The van der Waals surface area contributed by atoms with Crippen LogP contribution in [0.3, 0.4) is 0 Å². The fourth-order valence-electron chi connectivity index (χ4n) is 1.72. The Balaban J connectivity index is 1.92. The van der Waals surface area contributed by atoms with Crippen molar-refractivity contribution in [2.45, 2.75) is 6.42 Å². The van der Waals surface area contributed by atoms with Crippen molar-refractivity contribution in [3.8, 4) is 5.75 Å². The Morgan fingerprint density at radius 2 is 2.05 bits per heavy atom. The van der Waals surface area contributed by atoms with E-state index < -0.39 is 5.91 Å². The molecule has 0 fully saturated rings. The van der Waals surface area contributed by atoms with Crippen molar-refractivity contribution in [2.75, 3.05) is 13.7 Å². The van der Waals surface area contributed by atoms with Gasteiger partial charge in [0.05, 0.1) is 7.11 Å². The van der Waals surface area contributed by atoms with Crippen molar-refractivity contribution in [3.63, 3.8) is 0 Å². The van der Waals surface area contributed by atoms with E-state index in [1.165, 1.54) is 7.11 Å². The number of rotatable bonds is 5. The average molecular weight is 273 g/mol. The summed E-state index contributed by atoms with van der Waals surface area (Å²) < 4.78 is 9.84. The maximum Gasteiger partial charge on any atom is 0.287 e. The fourth-order valence-corrected chi connectivity index (χ4v) is 1.72. The van der Waals surface area contributed by atoms with Crippen molar-refractivity contribution in [3.05, 3.63) is 64.2 Å². The molecule has 0 radical (unpaired) electrons. The van der Waals surface area contributed by atoms with Gasteiger partial charge in [0.2, 0.25) is 11.2 Å². The predicted molar refractivity (Wildman–Crippen MR) is 74.0 cm³/mol. The second-order valence-electron chi connectivity index (χ2n) is 4.17. The molecule has 5 heteroatoms. The summed E-state index contributed by atoms with van der Waals surface area (Å²) in [6, 6.07) is 10.9.